The molecule has 0 spiro atoms. The van der Waals surface area contributed by atoms with Crippen LogP contribution in [0.5, 0.6) is 5.75 Å². The molecule has 1 heterocycles. The zero-order valence-corrected chi connectivity index (χ0v) is 11.9. The maximum absolute atomic E-state index is 12.1. The molecule has 2 rings (SSSR count). The van der Waals surface area contributed by atoms with Gasteiger partial charge in [0.1, 0.15) is 5.75 Å². The van der Waals surface area contributed by atoms with Gasteiger partial charge in [0, 0.05) is 12.7 Å². The van der Waals surface area contributed by atoms with Crippen LogP contribution in [0.2, 0.25) is 0 Å². The van der Waals surface area contributed by atoms with Gasteiger partial charge in [0.15, 0.2) is 0 Å². The van der Waals surface area contributed by atoms with Gasteiger partial charge in [0.25, 0.3) is 0 Å². The highest BCUT2D eigenvalue weighted by molar-refractivity contribution is 5.72. The summed E-state index contributed by atoms with van der Waals surface area (Å²) < 4.78 is 5.34. The van der Waals surface area contributed by atoms with E-state index in [1.54, 1.807) is 17.0 Å². The first-order chi connectivity index (χ1) is 9.79. The lowest BCUT2D eigenvalue weighted by Gasteiger charge is -2.25. The molecule has 1 aromatic rings. The van der Waals surface area contributed by atoms with Crippen LogP contribution < -0.4 is 4.74 Å². The summed E-state index contributed by atoms with van der Waals surface area (Å²) in [6, 6.07) is 9.16. The van der Waals surface area contributed by atoms with Gasteiger partial charge in [0.05, 0.1) is 0 Å². The van der Waals surface area contributed by atoms with E-state index in [9.17, 15) is 4.79 Å². The van der Waals surface area contributed by atoms with Crippen molar-refractivity contribution in [3.8, 4) is 5.75 Å². The second-order valence-corrected chi connectivity index (χ2v) is 4.93. The molecule has 0 saturated carbocycles. The molecule has 0 N–H and O–H groups in total. The molecule has 0 fully saturated rings. The molecular formula is C17H21NO2. The van der Waals surface area contributed by atoms with Crippen molar-refractivity contribution in [3.05, 3.63) is 54.8 Å². The second-order valence-electron chi connectivity index (χ2n) is 4.93. The third-order valence-electron chi connectivity index (χ3n) is 3.20. The number of ether oxygens (including phenoxy) is 1. The summed E-state index contributed by atoms with van der Waals surface area (Å²) in [6.07, 6.45) is 11.1. The maximum atomic E-state index is 12.1. The van der Waals surface area contributed by atoms with Crippen molar-refractivity contribution in [1.82, 2.24) is 4.90 Å². The van der Waals surface area contributed by atoms with E-state index in [0.717, 1.165) is 19.3 Å². The molecular weight excluding hydrogens is 250 g/mol. The Labute approximate surface area is 120 Å². The third kappa shape index (κ3) is 4.26. The van der Waals surface area contributed by atoms with E-state index < -0.39 is 0 Å². The Bertz CT molecular complexity index is 479. The molecule has 1 aliphatic heterocycles. The van der Waals surface area contributed by atoms with Gasteiger partial charge in [0.2, 0.25) is 0 Å². The second kappa shape index (κ2) is 7.53. The van der Waals surface area contributed by atoms with Gasteiger partial charge in [-0.3, -0.25) is 4.90 Å². The van der Waals surface area contributed by atoms with E-state index in [4.69, 9.17) is 4.74 Å². The van der Waals surface area contributed by atoms with Gasteiger partial charge < -0.3 is 4.74 Å². The first kappa shape index (κ1) is 14.4. The highest BCUT2D eigenvalue weighted by atomic mass is 16.6. The topological polar surface area (TPSA) is 29.5 Å². The molecule has 0 aliphatic carbocycles. The molecule has 1 aliphatic rings. The van der Waals surface area contributed by atoms with E-state index in [-0.39, 0.29) is 6.09 Å². The van der Waals surface area contributed by atoms with Crippen molar-refractivity contribution < 1.29 is 9.53 Å². The molecule has 0 saturated heterocycles. The van der Waals surface area contributed by atoms with Crippen molar-refractivity contribution in [2.24, 2.45) is 5.92 Å². The molecule has 20 heavy (non-hydrogen) atoms. The highest BCUT2D eigenvalue weighted by Crippen LogP contribution is 2.18. The summed E-state index contributed by atoms with van der Waals surface area (Å²) in [6.45, 7) is 2.84. The number of carbonyl (C=O) groups excluding carboxylic acids is 1. The third-order valence-corrected chi connectivity index (χ3v) is 3.20. The minimum Gasteiger partial charge on any atom is -0.410 e. The average Bonchev–Trinajstić information content (AvgIpc) is 2.49. The minimum atomic E-state index is -0.318. The van der Waals surface area contributed by atoms with E-state index in [2.05, 4.69) is 19.1 Å². The quantitative estimate of drug-likeness (QED) is 0.761. The number of hydrogen-bond donors (Lipinski definition) is 0. The first-order valence-corrected chi connectivity index (χ1v) is 7.16. The number of para-hydroxylation sites is 1. The lowest BCUT2D eigenvalue weighted by atomic mass is 10.0. The molecule has 0 bridgehead atoms. The van der Waals surface area contributed by atoms with E-state index >= 15 is 0 Å². The van der Waals surface area contributed by atoms with Crippen LogP contribution in [0.3, 0.4) is 0 Å². The highest BCUT2D eigenvalue weighted by Gasteiger charge is 2.19. The molecule has 3 nitrogen and oxygen atoms in total. The summed E-state index contributed by atoms with van der Waals surface area (Å²) in [4.78, 5) is 13.7. The summed E-state index contributed by atoms with van der Waals surface area (Å²) >= 11 is 0. The summed E-state index contributed by atoms with van der Waals surface area (Å²) in [5, 5.41) is 0. The van der Waals surface area contributed by atoms with Gasteiger partial charge in [-0.05, 0) is 30.9 Å². The van der Waals surface area contributed by atoms with E-state index in [0.29, 0.717) is 18.2 Å². The number of hydrogen-bond acceptors (Lipinski definition) is 2. The van der Waals surface area contributed by atoms with E-state index in [1.165, 1.54) is 0 Å². The lowest BCUT2D eigenvalue weighted by molar-refractivity contribution is 0.163. The molecule has 1 aromatic carbocycles. The van der Waals surface area contributed by atoms with Crippen molar-refractivity contribution in [1.29, 1.82) is 0 Å². The summed E-state index contributed by atoms with van der Waals surface area (Å²) in [5.74, 6) is 0.962. The Kier molecular flexibility index (Phi) is 5.42. The first-order valence-electron chi connectivity index (χ1n) is 7.16. The number of allylic oxidation sites excluding steroid dienone is 2. The fourth-order valence-electron chi connectivity index (χ4n) is 2.13. The zero-order valence-electron chi connectivity index (χ0n) is 11.9. The maximum Gasteiger partial charge on any atom is 0.419 e. The lowest BCUT2D eigenvalue weighted by Crippen LogP contribution is -2.34. The van der Waals surface area contributed by atoms with Gasteiger partial charge in [-0.25, -0.2) is 4.79 Å². The number of nitrogens with zero attached hydrogens (tertiary/aromatic N) is 1. The van der Waals surface area contributed by atoms with Gasteiger partial charge >= 0.3 is 6.09 Å². The van der Waals surface area contributed by atoms with Crippen LogP contribution >= 0.6 is 0 Å². The number of benzene rings is 1. The van der Waals surface area contributed by atoms with Crippen LogP contribution in [0.1, 0.15) is 26.2 Å². The molecule has 0 unspecified atom stereocenters. The Hall–Kier alpha value is -2.03. The standard InChI is InChI=1S/C17H21NO2/c1-2-3-5-9-15-10-8-13-18(14-15)17(19)20-16-11-6-4-7-12-16/h4-9,11-13,15H,2-3,10,14H2,1H3/b9-5+/t15-/m1/s1. The van der Waals surface area contributed by atoms with Crippen LogP contribution in [-0.4, -0.2) is 17.5 Å². The van der Waals surface area contributed by atoms with Crippen molar-refractivity contribution in [2.45, 2.75) is 26.2 Å². The molecule has 106 valence electrons. The van der Waals surface area contributed by atoms with Gasteiger partial charge in [-0.2, -0.15) is 0 Å². The molecule has 3 heteroatoms. The zero-order chi connectivity index (χ0) is 14.2. The molecule has 1 atom stereocenters. The largest absolute Gasteiger partial charge is 0.419 e. The molecule has 0 radical (unpaired) electrons. The number of unbranched alkanes of at least 4 members (excludes halogenated alkanes) is 1. The van der Waals surface area contributed by atoms with Crippen LogP contribution in [0, 0.1) is 5.92 Å². The fraction of sp³-hybridized carbons (Fsp3) is 0.353. The number of carbonyl (C=O) groups is 1. The predicted octanol–water partition coefficient (Wildman–Crippen LogP) is 4.38. The SMILES string of the molecule is CCC/C=C/[C@@H]1CC=CN(C(=O)Oc2ccccc2)C1. The minimum absolute atomic E-state index is 0.318. The smallest absolute Gasteiger partial charge is 0.410 e. The predicted molar refractivity (Wildman–Crippen MR) is 80.5 cm³/mol. The molecule has 1 amide bonds. The Morgan fingerprint density at radius 3 is 2.95 bits per heavy atom. The van der Waals surface area contributed by atoms with Crippen molar-refractivity contribution >= 4 is 6.09 Å². The van der Waals surface area contributed by atoms with Gasteiger partial charge in [-0.1, -0.05) is 49.8 Å². The number of amides is 1. The van der Waals surface area contributed by atoms with Crippen LogP contribution in [0.25, 0.3) is 0 Å². The van der Waals surface area contributed by atoms with E-state index in [1.807, 2.05) is 30.5 Å². The average molecular weight is 271 g/mol. The fourth-order valence-corrected chi connectivity index (χ4v) is 2.13. The number of rotatable bonds is 4. The summed E-state index contributed by atoms with van der Waals surface area (Å²) in [7, 11) is 0. The summed E-state index contributed by atoms with van der Waals surface area (Å²) in [5.41, 5.74) is 0. The van der Waals surface area contributed by atoms with Crippen LogP contribution in [0.4, 0.5) is 4.79 Å². The Morgan fingerprint density at radius 1 is 1.40 bits per heavy atom. The van der Waals surface area contributed by atoms with Crippen LogP contribution in [-0.2, 0) is 0 Å². The monoisotopic (exact) mass is 271 g/mol. The molecule has 0 aromatic heterocycles. The van der Waals surface area contributed by atoms with Crippen LogP contribution in [0.15, 0.2) is 54.8 Å². The Morgan fingerprint density at radius 2 is 2.20 bits per heavy atom. The van der Waals surface area contributed by atoms with Crippen molar-refractivity contribution in [3.63, 3.8) is 0 Å². The van der Waals surface area contributed by atoms with Crippen molar-refractivity contribution in [2.75, 3.05) is 6.54 Å². The normalized spacial score (nSPS) is 18.4. The Balaban J connectivity index is 1.90. The van der Waals surface area contributed by atoms with Gasteiger partial charge in [-0.15, -0.1) is 0 Å².